The number of rotatable bonds is 4. The van der Waals surface area contributed by atoms with Gasteiger partial charge in [-0.2, -0.15) is 0 Å². The van der Waals surface area contributed by atoms with E-state index in [1.165, 1.54) is 70.8 Å². The van der Waals surface area contributed by atoms with E-state index in [0.29, 0.717) is 0 Å². The van der Waals surface area contributed by atoms with Gasteiger partial charge in [0.15, 0.2) is 0 Å². The van der Waals surface area contributed by atoms with Crippen LogP contribution in [0.1, 0.15) is 18.4 Å². The molecular weight excluding hydrogens is 641 g/mol. The highest BCUT2D eigenvalue weighted by Gasteiger charge is 2.21. The minimum Gasteiger partial charge on any atom is -0.455 e. The van der Waals surface area contributed by atoms with Crippen LogP contribution in [0, 0.1) is 12.1 Å². The SMILES string of the molecule is c1ccc2c(-c3ccc4oc5c(-c6cccc7ccccc67)cccc5c4c3)c3ccccc3c(-c3ccccc3C3=c4ccccc4=CCC3)c2c#1. The highest BCUT2D eigenvalue weighted by molar-refractivity contribution is 6.22. The van der Waals surface area contributed by atoms with E-state index in [4.69, 9.17) is 4.42 Å². The van der Waals surface area contributed by atoms with E-state index in [1.54, 1.807) is 0 Å². The zero-order chi connectivity index (χ0) is 34.9. The summed E-state index contributed by atoms with van der Waals surface area (Å²) in [4.78, 5) is 0. The van der Waals surface area contributed by atoms with Crippen LogP contribution in [-0.4, -0.2) is 0 Å². The van der Waals surface area contributed by atoms with E-state index < -0.39 is 0 Å². The molecule has 0 radical (unpaired) electrons. The van der Waals surface area contributed by atoms with Crippen molar-refractivity contribution in [3.8, 4) is 33.4 Å². The van der Waals surface area contributed by atoms with Crippen LogP contribution in [0.3, 0.4) is 0 Å². The maximum absolute atomic E-state index is 6.71. The predicted octanol–water partition coefficient (Wildman–Crippen LogP) is 12.4. The molecule has 11 rings (SSSR count). The summed E-state index contributed by atoms with van der Waals surface area (Å²) in [5.74, 6) is 0. The van der Waals surface area contributed by atoms with Gasteiger partial charge in [-0.1, -0.05) is 158 Å². The van der Waals surface area contributed by atoms with Crippen molar-refractivity contribution in [1.29, 1.82) is 0 Å². The fraction of sp³-hybridized carbons (Fsp3) is 0.0385. The summed E-state index contributed by atoms with van der Waals surface area (Å²) in [6.45, 7) is 0. The van der Waals surface area contributed by atoms with Crippen LogP contribution in [0.15, 0.2) is 168 Å². The van der Waals surface area contributed by atoms with E-state index >= 15 is 0 Å². The van der Waals surface area contributed by atoms with Gasteiger partial charge in [-0.25, -0.2) is 0 Å². The third kappa shape index (κ3) is 4.60. The second-order valence-electron chi connectivity index (χ2n) is 14.1. The van der Waals surface area contributed by atoms with Gasteiger partial charge in [-0.15, -0.1) is 0 Å². The summed E-state index contributed by atoms with van der Waals surface area (Å²) < 4.78 is 6.71. The van der Waals surface area contributed by atoms with Crippen LogP contribution in [0.5, 0.6) is 0 Å². The van der Waals surface area contributed by atoms with E-state index in [2.05, 4.69) is 176 Å². The summed E-state index contributed by atoms with van der Waals surface area (Å²) in [5, 5.41) is 12.0. The average Bonchev–Trinajstić information content (AvgIpc) is 3.61. The minimum atomic E-state index is 0.887. The Morgan fingerprint density at radius 1 is 0.491 bits per heavy atom. The summed E-state index contributed by atoms with van der Waals surface area (Å²) in [6.07, 6.45) is 4.42. The van der Waals surface area contributed by atoms with Crippen LogP contribution in [0.4, 0.5) is 0 Å². The Bertz CT molecular complexity index is 3170. The largest absolute Gasteiger partial charge is 0.455 e. The van der Waals surface area contributed by atoms with Crippen molar-refractivity contribution < 1.29 is 4.42 Å². The zero-order valence-corrected chi connectivity index (χ0v) is 29.0. The molecule has 0 aliphatic heterocycles. The van der Waals surface area contributed by atoms with Gasteiger partial charge in [-0.3, -0.25) is 0 Å². The molecule has 0 saturated heterocycles. The Labute approximate surface area is 307 Å². The maximum atomic E-state index is 6.71. The van der Waals surface area contributed by atoms with Gasteiger partial charge in [-0.05, 0) is 108 Å². The monoisotopic (exact) mass is 672 g/mol. The van der Waals surface area contributed by atoms with Crippen LogP contribution in [-0.2, 0) is 0 Å². The van der Waals surface area contributed by atoms with Crippen LogP contribution in [0.25, 0.3) is 99.3 Å². The van der Waals surface area contributed by atoms with Gasteiger partial charge in [0.1, 0.15) is 11.2 Å². The molecule has 1 heteroatoms. The van der Waals surface area contributed by atoms with Crippen LogP contribution in [0.2, 0.25) is 0 Å². The number of fused-ring (bicyclic) bond motifs is 7. The number of para-hydroxylation sites is 1. The lowest BCUT2D eigenvalue weighted by molar-refractivity contribution is 0.670. The van der Waals surface area contributed by atoms with Crippen molar-refractivity contribution in [2.75, 3.05) is 0 Å². The van der Waals surface area contributed by atoms with E-state index in [9.17, 15) is 0 Å². The summed E-state index contributed by atoms with van der Waals surface area (Å²) in [6, 6.07) is 66.1. The molecule has 0 fully saturated rings. The lowest BCUT2D eigenvalue weighted by Crippen LogP contribution is -2.29. The highest BCUT2D eigenvalue weighted by Crippen LogP contribution is 2.46. The smallest absolute Gasteiger partial charge is 0.143 e. The summed E-state index contributed by atoms with van der Waals surface area (Å²) >= 11 is 0. The molecule has 0 saturated carbocycles. The molecule has 0 spiro atoms. The Hall–Kier alpha value is -6.88. The first kappa shape index (κ1) is 29.8. The first-order valence-corrected chi connectivity index (χ1v) is 18.4. The van der Waals surface area contributed by atoms with Crippen molar-refractivity contribution in [2.24, 2.45) is 0 Å². The van der Waals surface area contributed by atoms with Crippen molar-refractivity contribution in [3.05, 3.63) is 192 Å². The summed E-state index contributed by atoms with van der Waals surface area (Å²) in [5.41, 5.74) is 11.6. The third-order valence-corrected chi connectivity index (χ3v) is 11.2. The van der Waals surface area contributed by atoms with Crippen molar-refractivity contribution in [1.82, 2.24) is 0 Å². The molecule has 0 atom stereocenters. The third-order valence-electron chi connectivity index (χ3n) is 11.2. The molecular formula is C52H32O. The number of hydrogen-bond donors (Lipinski definition) is 0. The molecule has 9 aromatic carbocycles. The number of furan rings is 1. The second-order valence-corrected chi connectivity index (χ2v) is 14.1. The van der Waals surface area contributed by atoms with Crippen LogP contribution >= 0.6 is 0 Å². The Kier molecular flexibility index (Phi) is 6.66. The number of benzene rings is 8. The van der Waals surface area contributed by atoms with Gasteiger partial charge in [0.05, 0.1) is 0 Å². The lowest BCUT2D eigenvalue weighted by atomic mass is 9.82. The molecule has 0 amide bonds. The molecule has 1 nitrogen and oxygen atoms in total. The number of hydrogen-bond acceptors (Lipinski definition) is 1. The highest BCUT2D eigenvalue weighted by atomic mass is 16.3. The topological polar surface area (TPSA) is 13.1 Å². The Morgan fingerprint density at radius 3 is 2.11 bits per heavy atom. The van der Waals surface area contributed by atoms with Crippen molar-refractivity contribution in [2.45, 2.75) is 12.8 Å². The quantitative estimate of drug-likeness (QED) is 0.181. The van der Waals surface area contributed by atoms with E-state index in [-0.39, 0.29) is 0 Å². The van der Waals surface area contributed by atoms with Crippen molar-refractivity contribution >= 4 is 65.9 Å². The van der Waals surface area contributed by atoms with Gasteiger partial charge >= 0.3 is 0 Å². The second kappa shape index (κ2) is 11.8. The molecule has 53 heavy (non-hydrogen) atoms. The zero-order valence-electron chi connectivity index (χ0n) is 29.0. The molecule has 0 N–H and O–H groups in total. The molecule has 1 aromatic heterocycles. The molecule has 246 valence electrons. The van der Waals surface area contributed by atoms with Crippen LogP contribution < -0.4 is 10.4 Å². The van der Waals surface area contributed by atoms with E-state index in [1.807, 2.05) is 6.07 Å². The van der Waals surface area contributed by atoms with Gasteiger partial charge in [0.2, 0.25) is 0 Å². The molecule has 0 bridgehead atoms. The van der Waals surface area contributed by atoms with Gasteiger partial charge in [0, 0.05) is 27.3 Å². The molecule has 10 aromatic rings. The average molecular weight is 673 g/mol. The predicted molar refractivity (Wildman–Crippen MR) is 222 cm³/mol. The Morgan fingerprint density at radius 2 is 1.19 bits per heavy atom. The van der Waals surface area contributed by atoms with E-state index in [0.717, 1.165) is 51.3 Å². The fourth-order valence-corrected chi connectivity index (χ4v) is 8.91. The first-order valence-electron chi connectivity index (χ1n) is 18.4. The molecule has 0 unspecified atom stereocenters. The fourth-order valence-electron chi connectivity index (χ4n) is 8.91. The molecule has 1 aliphatic rings. The standard InChI is InChI=1S/C52H32O/c1-3-18-36-33(14-1)16-11-26-38(36)40-20-5-6-21-41(40)51-44-24-9-7-22-42(44)50(43-23-8-10-25-45(43)51)35-30-31-49-48(32-35)47-29-13-28-46(52(47)53-49)39-27-12-17-34-15-2-4-19-37(34)39/h1-9,12-24,27-32H,11,26H2. The van der Waals surface area contributed by atoms with Gasteiger partial charge in [0.25, 0.3) is 0 Å². The maximum Gasteiger partial charge on any atom is 0.143 e. The normalized spacial score (nSPS) is 12.7. The first-order chi connectivity index (χ1) is 26.3. The minimum absolute atomic E-state index is 0.887. The lowest BCUT2D eigenvalue weighted by Gasteiger charge is -2.20. The molecule has 1 heterocycles. The molecule has 1 aliphatic carbocycles. The van der Waals surface area contributed by atoms with Gasteiger partial charge < -0.3 is 4.42 Å². The van der Waals surface area contributed by atoms with Crippen molar-refractivity contribution in [3.63, 3.8) is 0 Å². The summed E-state index contributed by atoms with van der Waals surface area (Å²) in [7, 11) is 0. The Balaban J connectivity index is 1.16.